The van der Waals surface area contributed by atoms with Crippen molar-refractivity contribution in [3.05, 3.63) is 71.9 Å². The highest BCUT2D eigenvalue weighted by atomic mass is 16.5. The second-order valence-corrected chi connectivity index (χ2v) is 6.05. The average Bonchev–Trinajstić information content (AvgIpc) is 3.06. The molecule has 3 aromatic rings. The summed E-state index contributed by atoms with van der Waals surface area (Å²) >= 11 is 0. The summed E-state index contributed by atoms with van der Waals surface area (Å²) in [5, 5.41) is 3.72. The van der Waals surface area contributed by atoms with Crippen LogP contribution in [0, 0.1) is 0 Å². The Kier molecular flexibility index (Phi) is 5.34. The van der Waals surface area contributed by atoms with E-state index in [0.29, 0.717) is 12.0 Å². The molecule has 0 saturated carbocycles. The Balaban J connectivity index is 1.78. The fourth-order valence-corrected chi connectivity index (χ4v) is 3.01. The zero-order chi connectivity index (χ0) is 18.5. The molecule has 6 nitrogen and oxygen atoms in total. The van der Waals surface area contributed by atoms with Crippen LogP contribution < -0.4 is 11.1 Å². The predicted molar refractivity (Wildman–Crippen MR) is 99.3 cm³/mol. The quantitative estimate of drug-likeness (QED) is 0.608. The van der Waals surface area contributed by atoms with Crippen molar-refractivity contribution in [1.29, 1.82) is 0 Å². The maximum Gasteiger partial charge on any atom is 0.254 e. The standard InChI is InChI=1S/C20H21N3O3/c1-26-18(13-7-3-2-4-8-13)20(25)23-17(19(21)24)11-14-12-22-16-10-6-5-9-15(14)16/h2-10,12,17-18,22H,11H2,1H3,(H2,21,24)(H,23,25)/t17-,18-/m1/s1. The number of primary amides is 1. The number of rotatable bonds is 7. The number of fused-ring (bicyclic) bond motifs is 1. The fraction of sp³-hybridized carbons (Fsp3) is 0.200. The Morgan fingerprint density at radius 3 is 2.50 bits per heavy atom. The minimum absolute atomic E-state index is 0.302. The summed E-state index contributed by atoms with van der Waals surface area (Å²) in [5.74, 6) is -0.992. The normalized spacial score (nSPS) is 13.3. The van der Waals surface area contributed by atoms with Crippen molar-refractivity contribution >= 4 is 22.7 Å². The third kappa shape index (κ3) is 3.75. The van der Waals surface area contributed by atoms with Crippen molar-refractivity contribution in [3.8, 4) is 0 Å². The molecule has 2 amide bonds. The van der Waals surface area contributed by atoms with E-state index < -0.39 is 24.0 Å². The number of benzene rings is 2. The van der Waals surface area contributed by atoms with Gasteiger partial charge in [0, 0.05) is 30.6 Å². The van der Waals surface area contributed by atoms with E-state index in [0.717, 1.165) is 16.5 Å². The molecule has 26 heavy (non-hydrogen) atoms. The molecule has 0 aliphatic carbocycles. The zero-order valence-corrected chi connectivity index (χ0v) is 14.4. The lowest BCUT2D eigenvalue weighted by Gasteiger charge is -2.20. The van der Waals surface area contributed by atoms with Gasteiger partial charge in [-0.25, -0.2) is 0 Å². The number of carbonyl (C=O) groups is 2. The van der Waals surface area contributed by atoms with Gasteiger partial charge in [0.05, 0.1) is 0 Å². The Morgan fingerprint density at radius 2 is 1.81 bits per heavy atom. The van der Waals surface area contributed by atoms with Crippen molar-refractivity contribution in [2.75, 3.05) is 7.11 Å². The summed E-state index contributed by atoms with van der Waals surface area (Å²) in [5.41, 5.74) is 8.12. The van der Waals surface area contributed by atoms with Crippen molar-refractivity contribution in [2.45, 2.75) is 18.6 Å². The van der Waals surface area contributed by atoms with Gasteiger partial charge in [0.2, 0.25) is 5.91 Å². The van der Waals surface area contributed by atoms with Crippen molar-refractivity contribution in [1.82, 2.24) is 10.3 Å². The first-order valence-corrected chi connectivity index (χ1v) is 8.32. The molecular weight excluding hydrogens is 330 g/mol. The molecule has 0 aliphatic heterocycles. The molecule has 0 unspecified atom stereocenters. The van der Waals surface area contributed by atoms with Crippen LogP contribution in [0.3, 0.4) is 0 Å². The number of hydrogen-bond donors (Lipinski definition) is 3. The Morgan fingerprint density at radius 1 is 1.12 bits per heavy atom. The lowest BCUT2D eigenvalue weighted by Crippen LogP contribution is -2.47. The van der Waals surface area contributed by atoms with Gasteiger partial charge in [-0.2, -0.15) is 0 Å². The number of aromatic nitrogens is 1. The second kappa shape index (κ2) is 7.84. The maximum absolute atomic E-state index is 12.6. The van der Waals surface area contributed by atoms with Gasteiger partial charge in [-0.15, -0.1) is 0 Å². The average molecular weight is 351 g/mol. The van der Waals surface area contributed by atoms with Gasteiger partial charge < -0.3 is 20.8 Å². The van der Waals surface area contributed by atoms with Crippen LogP contribution in [0.5, 0.6) is 0 Å². The van der Waals surface area contributed by atoms with E-state index in [1.807, 2.05) is 48.7 Å². The minimum Gasteiger partial charge on any atom is -0.368 e. The molecule has 1 heterocycles. The van der Waals surface area contributed by atoms with Gasteiger partial charge in [-0.3, -0.25) is 9.59 Å². The van der Waals surface area contributed by atoms with Crippen LogP contribution in [0.2, 0.25) is 0 Å². The third-order valence-electron chi connectivity index (χ3n) is 4.34. The minimum atomic E-state index is -0.830. The Labute approximate surface area is 151 Å². The van der Waals surface area contributed by atoms with Crippen molar-refractivity contribution < 1.29 is 14.3 Å². The molecule has 0 radical (unpaired) electrons. The highest BCUT2D eigenvalue weighted by Crippen LogP contribution is 2.20. The smallest absolute Gasteiger partial charge is 0.254 e. The molecule has 6 heteroatoms. The summed E-state index contributed by atoms with van der Waals surface area (Å²) in [6.45, 7) is 0. The van der Waals surface area contributed by atoms with E-state index in [1.54, 1.807) is 12.1 Å². The monoisotopic (exact) mass is 351 g/mol. The van der Waals surface area contributed by atoms with E-state index in [9.17, 15) is 9.59 Å². The molecule has 134 valence electrons. The van der Waals surface area contributed by atoms with E-state index in [4.69, 9.17) is 10.5 Å². The molecule has 0 saturated heterocycles. The number of hydrogen-bond acceptors (Lipinski definition) is 3. The van der Waals surface area contributed by atoms with Gasteiger partial charge >= 0.3 is 0 Å². The van der Waals surface area contributed by atoms with E-state index >= 15 is 0 Å². The topological polar surface area (TPSA) is 97.2 Å². The summed E-state index contributed by atoms with van der Waals surface area (Å²) in [4.78, 5) is 27.7. The molecule has 0 spiro atoms. The van der Waals surface area contributed by atoms with Gasteiger partial charge in [0.1, 0.15) is 6.04 Å². The van der Waals surface area contributed by atoms with Gasteiger partial charge in [0.15, 0.2) is 6.10 Å². The van der Waals surface area contributed by atoms with Gasteiger partial charge in [0.25, 0.3) is 5.91 Å². The van der Waals surface area contributed by atoms with Gasteiger partial charge in [-0.05, 0) is 17.2 Å². The molecule has 2 aromatic carbocycles. The van der Waals surface area contributed by atoms with Crippen LogP contribution in [-0.2, 0) is 20.7 Å². The maximum atomic E-state index is 12.6. The van der Waals surface area contributed by atoms with E-state index in [-0.39, 0.29) is 0 Å². The van der Waals surface area contributed by atoms with E-state index in [1.165, 1.54) is 7.11 Å². The summed E-state index contributed by atoms with van der Waals surface area (Å²) in [6, 6.07) is 16.0. The summed E-state index contributed by atoms with van der Waals surface area (Å²) in [7, 11) is 1.45. The molecule has 2 atom stereocenters. The first kappa shape index (κ1) is 17.7. The molecular formula is C20H21N3O3. The summed E-state index contributed by atoms with van der Waals surface area (Å²) < 4.78 is 5.31. The van der Waals surface area contributed by atoms with Crippen LogP contribution >= 0.6 is 0 Å². The predicted octanol–water partition coefficient (Wildman–Crippen LogP) is 2.07. The number of nitrogens with one attached hydrogen (secondary N) is 2. The fourth-order valence-electron chi connectivity index (χ4n) is 3.01. The van der Waals surface area contributed by atoms with Crippen molar-refractivity contribution in [3.63, 3.8) is 0 Å². The molecule has 0 fully saturated rings. The van der Waals surface area contributed by atoms with Crippen molar-refractivity contribution in [2.24, 2.45) is 5.73 Å². The molecule has 0 aliphatic rings. The second-order valence-electron chi connectivity index (χ2n) is 6.05. The first-order valence-electron chi connectivity index (χ1n) is 8.32. The number of ether oxygens (including phenoxy) is 1. The van der Waals surface area contributed by atoms with Crippen LogP contribution in [0.1, 0.15) is 17.2 Å². The largest absolute Gasteiger partial charge is 0.368 e. The number of para-hydroxylation sites is 1. The van der Waals surface area contributed by atoms with Crippen LogP contribution in [0.25, 0.3) is 10.9 Å². The lowest BCUT2D eigenvalue weighted by atomic mass is 10.0. The van der Waals surface area contributed by atoms with Crippen LogP contribution in [0.4, 0.5) is 0 Å². The number of aromatic amines is 1. The first-order chi connectivity index (χ1) is 12.6. The molecule has 3 rings (SSSR count). The van der Waals surface area contributed by atoms with Crippen LogP contribution in [-0.4, -0.2) is 29.9 Å². The summed E-state index contributed by atoms with van der Waals surface area (Å²) in [6.07, 6.45) is 1.33. The number of nitrogens with two attached hydrogens (primary N) is 1. The number of carbonyl (C=O) groups excluding carboxylic acids is 2. The lowest BCUT2D eigenvalue weighted by molar-refractivity contribution is -0.134. The SMILES string of the molecule is CO[C@@H](C(=O)N[C@H](Cc1c[nH]c2ccccc12)C(N)=O)c1ccccc1. The number of methoxy groups -OCH3 is 1. The third-order valence-corrected chi connectivity index (χ3v) is 4.34. The Hall–Kier alpha value is -3.12. The van der Waals surface area contributed by atoms with Gasteiger partial charge in [-0.1, -0.05) is 48.5 Å². The zero-order valence-electron chi connectivity index (χ0n) is 14.4. The number of H-pyrrole nitrogens is 1. The molecule has 1 aromatic heterocycles. The highest BCUT2D eigenvalue weighted by molar-refractivity contribution is 5.90. The molecule has 4 N–H and O–H groups in total. The number of amides is 2. The molecule has 0 bridgehead atoms. The van der Waals surface area contributed by atoms with Crippen LogP contribution in [0.15, 0.2) is 60.8 Å². The highest BCUT2D eigenvalue weighted by Gasteiger charge is 2.26. The van der Waals surface area contributed by atoms with E-state index in [2.05, 4.69) is 10.3 Å². The Bertz CT molecular complexity index is 905.